The third-order valence-corrected chi connectivity index (χ3v) is 2.65. The quantitative estimate of drug-likeness (QED) is 0.714. The number of fused-ring (bicyclic) bond motifs is 1. The molecule has 0 radical (unpaired) electrons. The third-order valence-electron chi connectivity index (χ3n) is 2.65. The Balaban J connectivity index is 2.81. The highest BCUT2D eigenvalue weighted by molar-refractivity contribution is 5.87. The summed E-state index contributed by atoms with van der Waals surface area (Å²) in [4.78, 5) is 0. The first-order chi connectivity index (χ1) is 6.89. The van der Waals surface area contributed by atoms with E-state index < -0.39 is 5.67 Å². The second-order valence-electron chi connectivity index (χ2n) is 4.40. The van der Waals surface area contributed by atoms with Crippen LogP contribution in [0.15, 0.2) is 24.4 Å². The smallest absolute Gasteiger partial charge is 0.132 e. The fraction of sp³-hybridized carbons (Fsp3) is 0.333. The van der Waals surface area contributed by atoms with Gasteiger partial charge < -0.3 is 10.3 Å². The molecule has 0 unspecified atom stereocenters. The number of aryl methyl sites for hydroxylation is 1. The van der Waals surface area contributed by atoms with E-state index in [1.807, 2.05) is 36.0 Å². The van der Waals surface area contributed by atoms with Gasteiger partial charge in [-0.15, -0.1) is 0 Å². The Labute approximate surface area is 88.5 Å². The lowest BCUT2D eigenvalue weighted by atomic mass is 9.99. The number of aromatic nitrogens is 1. The van der Waals surface area contributed by atoms with Crippen molar-refractivity contribution in [1.29, 1.82) is 0 Å². The summed E-state index contributed by atoms with van der Waals surface area (Å²) < 4.78 is 15.9. The SMILES string of the molecule is Cn1cc(C(C)(C)F)c2cc(N)ccc21. The van der Waals surface area contributed by atoms with E-state index in [1.165, 1.54) is 0 Å². The number of alkyl halides is 1. The van der Waals surface area contributed by atoms with E-state index in [0.29, 0.717) is 11.3 Å². The van der Waals surface area contributed by atoms with Gasteiger partial charge in [0.05, 0.1) is 0 Å². The van der Waals surface area contributed by atoms with Gasteiger partial charge in [-0.2, -0.15) is 0 Å². The first kappa shape index (κ1) is 10.0. The Morgan fingerprint density at radius 1 is 1.33 bits per heavy atom. The van der Waals surface area contributed by atoms with E-state index in [1.54, 1.807) is 13.8 Å². The fourth-order valence-corrected chi connectivity index (χ4v) is 1.88. The minimum absolute atomic E-state index is 0.666. The summed E-state index contributed by atoms with van der Waals surface area (Å²) >= 11 is 0. The van der Waals surface area contributed by atoms with E-state index in [-0.39, 0.29) is 0 Å². The van der Waals surface area contributed by atoms with Crippen molar-refractivity contribution in [2.45, 2.75) is 19.5 Å². The van der Waals surface area contributed by atoms with Crippen molar-refractivity contribution in [3.63, 3.8) is 0 Å². The minimum atomic E-state index is -1.34. The zero-order valence-electron chi connectivity index (χ0n) is 9.21. The predicted octanol–water partition coefficient (Wildman–Crippen LogP) is 2.97. The van der Waals surface area contributed by atoms with E-state index in [9.17, 15) is 4.39 Å². The highest BCUT2D eigenvalue weighted by atomic mass is 19.1. The van der Waals surface area contributed by atoms with Crippen LogP contribution in [-0.2, 0) is 12.7 Å². The normalized spacial score (nSPS) is 12.3. The van der Waals surface area contributed by atoms with E-state index >= 15 is 0 Å². The van der Waals surface area contributed by atoms with Gasteiger partial charge in [0, 0.05) is 35.4 Å². The Hall–Kier alpha value is -1.51. The van der Waals surface area contributed by atoms with Crippen LogP contribution < -0.4 is 5.73 Å². The molecule has 0 spiro atoms. The van der Waals surface area contributed by atoms with Crippen LogP contribution in [0.25, 0.3) is 10.9 Å². The second kappa shape index (κ2) is 2.99. The molecule has 15 heavy (non-hydrogen) atoms. The Morgan fingerprint density at radius 2 is 2.00 bits per heavy atom. The molecule has 0 saturated carbocycles. The molecule has 2 aromatic rings. The average molecular weight is 206 g/mol. The van der Waals surface area contributed by atoms with Crippen LogP contribution in [0.4, 0.5) is 10.1 Å². The first-order valence-electron chi connectivity index (χ1n) is 4.93. The van der Waals surface area contributed by atoms with Gasteiger partial charge in [-0.3, -0.25) is 0 Å². The first-order valence-corrected chi connectivity index (χ1v) is 4.93. The van der Waals surface area contributed by atoms with Crippen molar-refractivity contribution in [2.24, 2.45) is 7.05 Å². The van der Waals surface area contributed by atoms with Crippen LogP contribution in [0.1, 0.15) is 19.4 Å². The number of nitrogens with two attached hydrogens (primary N) is 1. The summed E-state index contributed by atoms with van der Waals surface area (Å²) in [7, 11) is 1.91. The van der Waals surface area contributed by atoms with Gasteiger partial charge in [0.1, 0.15) is 5.67 Å². The molecule has 1 aromatic carbocycles. The van der Waals surface area contributed by atoms with E-state index in [2.05, 4.69) is 0 Å². The molecule has 80 valence electrons. The molecule has 0 aliphatic heterocycles. The Bertz CT molecular complexity index is 506. The second-order valence-corrected chi connectivity index (χ2v) is 4.40. The number of halogens is 1. The molecule has 0 bridgehead atoms. The minimum Gasteiger partial charge on any atom is -0.399 e. The van der Waals surface area contributed by atoms with E-state index in [0.717, 1.165) is 10.9 Å². The lowest BCUT2D eigenvalue weighted by Gasteiger charge is -2.12. The molecule has 2 nitrogen and oxygen atoms in total. The molecule has 2 N–H and O–H groups in total. The fourth-order valence-electron chi connectivity index (χ4n) is 1.88. The molecule has 0 fully saturated rings. The molecule has 3 heteroatoms. The summed E-state index contributed by atoms with van der Waals surface area (Å²) in [5.74, 6) is 0. The molecule has 0 aliphatic carbocycles. The highest BCUT2D eigenvalue weighted by Crippen LogP contribution is 2.33. The Kier molecular flexibility index (Phi) is 2.00. The molecule has 1 heterocycles. The van der Waals surface area contributed by atoms with Gasteiger partial charge >= 0.3 is 0 Å². The molecule has 0 saturated heterocycles. The number of benzene rings is 1. The number of hydrogen-bond donors (Lipinski definition) is 1. The monoisotopic (exact) mass is 206 g/mol. The van der Waals surface area contributed by atoms with Crippen molar-refractivity contribution in [3.8, 4) is 0 Å². The predicted molar refractivity (Wildman–Crippen MR) is 61.5 cm³/mol. The number of hydrogen-bond acceptors (Lipinski definition) is 1. The highest BCUT2D eigenvalue weighted by Gasteiger charge is 2.23. The van der Waals surface area contributed by atoms with Crippen LogP contribution in [-0.4, -0.2) is 4.57 Å². The van der Waals surface area contributed by atoms with Crippen LogP contribution in [0, 0.1) is 0 Å². The molecule has 0 atom stereocenters. The van der Waals surface area contributed by atoms with Gasteiger partial charge in [0.2, 0.25) is 0 Å². The van der Waals surface area contributed by atoms with Gasteiger partial charge in [-0.25, -0.2) is 4.39 Å². The molecule has 1 aromatic heterocycles. The number of nitrogens with zero attached hydrogens (tertiary/aromatic N) is 1. The molecule has 0 amide bonds. The molecule has 0 aliphatic rings. The third kappa shape index (κ3) is 1.58. The maximum atomic E-state index is 13.9. The topological polar surface area (TPSA) is 30.9 Å². The van der Waals surface area contributed by atoms with Crippen LogP contribution in [0.2, 0.25) is 0 Å². The van der Waals surface area contributed by atoms with Gasteiger partial charge in [0.15, 0.2) is 0 Å². The summed E-state index contributed by atoms with van der Waals surface area (Å²) in [6, 6.07) is 5.57. The van der Waals surface area contributed by atoms with Crippen molar-refractivity contribution in [3.05, 3.63) is 30.0 Å². The Morgan fingerprint density at radius 3 is 2.60 bits per heavy atom. The maximum Gasteiger partial charge on any atom is 0.132 e. The molecular weight excluding hydrogens is 191 g/mol. The van der Waals surface area contributed by atoms with Crippen molar-refractivity contribution < 1.29 is 4.39 Å². The summed E-state index contributed by atoms with van der Waals surface area (Å²) in [5.41, 5.74) is 6.73. The lowest BCUT2D eigenvalue weighted by Crippen LogP contribution is -2.08. The molecule has 2 rings (SSSR count). The number of anilines is 1. The van der Waals surface area contributed by atoms with Crippen LogP contribution >= 0.6 is 0 Å². The van der Waals surface area contributed by atoms with Crippen molar-refractivity contribution in [2.75, 3.05) is 5.73 Å². The van der Waals surface area contributed by atoms with Crippen LogP contribution in [0.3, 0.4) is 0 Å². The number of rotatable bonds is 1. The summed E-state index contributed by atoms with van der Waals surface area (Å²) in [6.45, 7) is 3.12. The van der Waals surface area contributed by atoms with Gasteiger partial charge in [-0.1, -0.05) is 0 Å². The van der Waals surface area contributed by atoms with Gasteiger partial charge in [0.25, 0.3) is 0 Å². The van der Waals surface area contributed by atoms with Crippen molar-refractivity contribution >= 4 is 16.6 Å². The largest absolute Gasteiger partial charge is 0.399 e. The standard InChI is InChI=1S/C12H15FN2/c1-12(2,13)10-7-15(3)11-5-4-8(14)6-9(10)11/h4-7H,14H2,1-3H3. The van der Waals surface area contributed by atoms with Gasteiger partial charge in [-0.05, 0) is 32.0 Å². The van der Waals surface area contributed by atoms with E-state index in [4.69, 9.17) is 5.73 Å². The lowest BCUT2D eigenvalue weighted by molar-refractivity contribution is 0.223. The number of nitrogen functional groups attached to an aromatic ring is 1. The van der Waals surface area contributed by atoms with Crippen molar-refractivity contribution in [1.82, 2.24) is 4.57 Å². The zero-order valence-corrected chi connectivity index (χ0v) is 9.21. The molecular formula is C12H15FN2. The average Bonchev–Trinajstić information content (AvgIpc) is 2.42. The summed E-state index contributed by atoms with van der Waals surface area (Å²) in [6.07, 6.45) is 1.82. The van der Waals surface area contributed by atoms with Crippen LogP contribution in [0.5, 0.6) is 0 Å². The summed E-state index contributed by atoms with van der Waals surface area (Å²) in [5, 5.41) is 0.894. The zero-order chi connectivity index (χ0) is 11.2. The maximum absolute atomic E-state index is 13.9.